The number of rotatable bonds is 4. The largest absolute Gasteiger partial charge is 0.481 e. The second-order valence-electron chi connectivity index (χ2n) is 3.91. The first-order valence-corrected chi connectivity index (χ1v) is 4.91. The Morgan fingerprint density at radius 2 is 2.27 bits per heavy atom. The van der Waals surface area contributed by atoms with Gasteiger partial charge in [0.25, 0.3) is 0 Å². The van der Waals surface area contributed by atoms with E-state index in [0.29, 0.717) is 12.3 Å². The van der Waals surface area contributed by atoms with Gasteiger partial charge in [0, 0.05) is 12.8 Å². The van der Waals surface area contributed by atoms with Crippen molar-refractivity contribution in [2.24, 2.45) is 11.8 Å². The molecule has 6 nitrogen and oxygen atoms in total. The van der Waals surface area contributed by atoms with Crippen LogP contribution >= 0.6 is 0 Å². The van der Waals surface area contributed by atoms with Crippen molar-refractivity contribution in [3.63, 3.8) is 0 Å². The van der Waals surface area contributed by atoms with E-state index in [1.54, 1.807) is 0 Å². The Morgan fingerprint density at radius 3 is 2.73 bits per heavy atom. The highest BCUT2D eigenvalue weighted by atomic mass is 16.4. The fourth-order valence-corrected chi connectivity index (χ4v) is 1.97. The number of H-pyrrole nitrogens is 1. The number of aliphatic carboxylic acids is 1. The molecule has 0 aliphatic heterocycles. The lowest BCUT2D eigenvalue weighted by molar-refractivity contribution is -0.139. The third-order valence-electron chi connectivity index (χ3n) is 2.93. The Bertz CT molecular complexity index is 408. The van der Waals surface area contributed by atoms with Crippen LogP contribution in [0.2, 0.25) is 0 Å². The van der Waals surface area contributed by atoms with E-state index in [1.165, 1.54) is 0 Å². The monoisotopic (exact) mass is 212 g/mol. The Morgan fingerprint density at radius 1 is 1.53 bits per heavy atom. The predicted molar refractivity (Wildman–Crippen MR) is 49.3 cm³/mol. The summed E-state index contributed by atoms with van der Waals surface area (Å²) in [4.78, 5) is 21.2. The molecule has 1 aliphatic rings. The zero-order valence-corrected chi connectivity index (χ0v) is 8.10. The third kappa shape index (κ3) is 2.26. The molecule has 0 radical (unpaired) electrons. The van der Waals surface area contributed by atoms with E-state index in [9.17, 15) is 9.59 Å². The molecule has 15 heavy (non-hydrogen) atoms. The maximum atomic E-state index is 10.7. The van der Waals surface area contributed by atoms with Crippen molar-refractivity contribution in [2.45, 2.75) is 25.7 Å². The number of aromatic amines is 1. The van der Waals surface area contributed by atoms with Gasteiger partial charge >= 0.3 is 11.7 Å². The Kier molecular flexibility index (Phi) is 2.57. The van der Waals surface area contributed by atoms with Gasteiger partial charge in [0.05, 0.1) is 0 Å². The first-order valence-electron chi connectivity index (χ1n) is 4.91. The number of aromatic nitrogens is 2. The zero-order valence-electron chi connectivity index (χ0n) is 8.10. The maximum absolute atomic E-state index is 10.7. The number of carboxylic acids is 1. The van der Waals surface area contributed by atoms with Crippen molar-refractivity contribution in [3.05, 3.63) is 16.4 Å². The van der Waals surface area contributed by atoms with Crippen molar-refractivity contribution >= 4 is 5.97 Å². The predicted octanol–water partition coefficient (Wildman–Crippen LogP) is 0.406. The first-order chi connectivity index (χ1) is 7.15. The van der Waals surface area contributed by atoms with Crippen LogP contribution in [-0.4, -0.2) is 21.3 Å². The van der Waals surface area contributed by atoms with Crippen LogP contribution in [0, 0.1) is 11.8 Å². The summed E-state index contributed by atoms with van der Waals surface area (Å²) in [5.41, 5.74) is 0. The summed E-state index contributed by atoms with van der Waals surface area (Å²) in [5.74, 6) is -0.468. The van der Waals surface area contributed by atoms with Gasteiger partial charge in [-0.2, -0.15) is 0 Å². The van der Waals surface area contributed by atoms with E-state index >= 15 is 0 Å². The Labute approximate surface area is 85.3 Å². The van der Waals surface area contributed by atoms with Gasteiger partial charge in [-0.1, -0.05) is 0 Å². The van der Waals surface area contributed by atoms with Crippen molar-refractivity contribution < 1.29 is 14.3 Å². The van der Waals surface area contributed by atoms with Crippen molar-refractivity contribution in [1.82, 2.24) is 10.2 Å². The highest BCUT2D eigenvalue weighted by Gasteiger charge is 2.33. The molecule has 1 aliphatic carbocycles. The number of hydrogen-bond donors (Lipinski definition) is 2. The smallest absolute Gasteiger partial charge is 0.434 e. The maximum Gasteiger partial charge on any atom is 0.434 e. The highest BCUT2D eigenvalue weighted by Crippen LogP contribution is 2.38. The number of carbonyl (C=O) groups is 1. The number of hydrogen-bond acceptors (Lipinski definition) is 4. The fraction of sp³-hybridized carbons (Fsp3) is 0.667. The van der Waals surface area contributed by atoms with Gasteiger partial charge in [-0.15, -0.1) is 5.10 Å². The van der Waals surface area contributed by atoms with Crippen LogP contribution in [0.4, 0.5) is 0 Å². The molecule has 2 unspecified atom stereocenters. The lowest BCUT2D eigenvalue weighted by atomic mass is 9.70. The molecule has 2 N–H and O–H groups in total. The average molecular weight is 212 g/mol. The minimum absolute atomic E-state index is 0.194. The van der Waals surface area contributed by atoms with Crippen LogP contribution in [0.3, 0.4) is 0 Å². The Balaban J connectivity index is 1.90. The molecule has 2 atom stereocenters. The van der Waals surface area contributed by atoms with E-state index < -0.39 is 11.7 Å². The van der Waals surface area contributed by atoms with Gasteiger partial charge in [-0.05, 0) is 24.7 Å². The molecule has 82 valence electrons. The number of nitrogens with one attached hydrogen (secondary N) is 1. The summed E-state index contributed by atoms with van der Waals surface area (Å²) < 4.78 is 4.77. The molecule has 1 heterocycles. The van der Waals surface area contributed by atoms with Gasteiger partial charge in [-0.3, -0.25) is 4.79 Å². The van der Waals surface area contributed by atoms with Crippen LogP contribution in [-0.2, 0) is 11.2 Å². The van der Waals surface area contributed by atoms with Crippen LogP contribution in [0.15, 0.2) is 9.21 Å². The molecule has 0 aromatic carbocycles. The van der Waals surface area contributed by atoms with Crippen LogP contribution in [0.5, 0.6) is 0 Å². The lowest BCUT2D eigenvalue weighted by Gasteiger charge is -2.34. The molecule has 1 fully saturated rings. The highest BCUT2D eigenvalue weighted by molar-refractivity contribution is 5.67. The quantitative estimate of drug-likeness (QED) is 0.753. The molecular weight excluding hydrogens is 200 g/mol. The van der Waals surface area contributed by atoms with E-state index in [0.717, 1.165) is 12.8 Å². The van der Waals surface area contributed by atoms with E-state index in [2.05, 4.69) is 10.2 Å². The normalized spacial score (nSPS) is 24.8. The van der Waals surface area contributed by atoms with Crippen LogP contribution in [0.1, 0.15) is 25.2 Å². The molecule has 1 aromatic heterocycles. The summed E-state index contributed by atoms with van der Waals surface area (Å²) in [6.45, 7) is 0. The topological polar surface area (TPSA) is 96.2 Å². The summed E-state index contributed by atoms with van der Waals surface area (Å²) in [7, 11) is 0. The van der Waals surface area contributed by atoms with E-state index in [4.69, 9.17) is 9.52 Å². The third-order valence-corrected chi connectivity index (χ3v) is 2.93. The Hall–Kier alpha value is -1.59. The molecule has 0 amide bonds. The standard InChI is InChI=1S/C9H12N2O4/c12-8(13)4-6-2-1-5(6)3-7-10-11-9(14)15-7/h5-6H,1-4H2,(H,11,14)(H,12,13). The van der Waals surface area contributed by atoms with E-state index in [1.807, 2.05) is 0 Å². The van der Waals surface area contributed by atoms with Crippen LogP contribution in [0.25, 0.3) is 0 Å². The van der Waals surface area contributed by atoms with Gasteiger partial charge in [0.1, 0.15) is 0 Å². The molecule has 2 rings (SSSR count). The fourth-order valence-electron chi connectivity index (χ4n) is 1.97. The van der Waals surface area contributed by atoms with Crippen molar-refractivity contribution in [3.8, 4) is 0 Å². The van der Waals surface area contributed by atoms with E-state index in [-0.39, 0.29) is 18.3 Å². The summed E-state index contributed by atoms with van der Waals surface area (Å²) in [6, 6.07) is 0. The molecule has 1 aromatic rings. The summed E-state index contributed by atoms with van der Waals surface area (Å²) in [6.07, 6.45) is 2.66. The summed E-state index contributed by atoms with van der Waals surface area (Å²) >= 11 is 0. The van der Waals surface area contributed by atoms with Crippen LogP contribution < -0.4 is 5.76 Å². The molecular formula is C9H12N2O4. The minimum atomic E-state index is -0.770. The molecule has 0 bridgehead atoms. The van der Waals surface area contributed by atoms with Crippen molar-refractivity contribution in [1.29, 1.82) is 0 Å². The minimum Gasteiger partial charge on any atom is -0.481 e. The molecule has 0 saturated heterocycles. The van der Waals surface area contributed by atoms with Gasteiger partial charge in [-0.25, -0.2) is 9.89 Å². The summed E-state index contributed by atoms with van der Waals surface area (Å²) in [5, 5.41) is 14.5. The number of nitrogens with zero attached hydrogens (tertiary/aromatic N) is 1. The molecule has 6 heteroatoms. The second-order valence-corrected chi connectivity index (χ2v) is 3.91. The van der Waals surface area contributed by atoms with Gasteiger partial charge in [0.15, 0.2) is 0 Å². The number of carboxylic acid groups (broad SMARTS) is 1. The first kappa shape index (κ1) is 9.95. The van der Waals surface area contributed by atoms with Gasteiger partial charge < -0.3 is 9.52 Å². The lowest BCUT2D eigenvalue weighted by Crippen LogP contribution is -2.29. The SMILES string of the molecule is O=C(O)CC1CCC1Cc1n[nH]c(=O)o1. The second kappa shape index (κ2) is 3.88. The van der Waals surface area contributed by atoms with Crippen molar-refractivity contribution in [2.75, 3.05) is 0 Å². The zero-order chi connectivity index (χ0) is 10.8. The molecule has 1 saturated carbocycles. The molecule has 0 spiro atoms. The average Bonchev–Trinajstić information content (AvgIpc) is 2.55. The van der Waals surface area contributed by atoms with Gasteiger partial charge in [0.2, 0.25) is 5.89 Å².